The summed E-state index contributed by atoms with van der Waals surface area (Å²) >= 11 is 0. The van der Waals surface area contributed by atoms with E-state index in [1.807, 2.05) is 12.1 Å². The molecule has 2 nitrogen and oxygen atoms in total. The standard InChI is InChI=1S/C24H19F5O2/c1-2-3-4-15-5-7-17(8-6-15)22-19(13-21(25)20(14-30)23(22)26)16-9-11-18(12-10-16)31-24(27,28)29/h5-14H,2-4H2,1H3. The summed E-state index contributed by atoms with van der Waals surface area (Å²) in [6.45, 7) is 2.07. The molecule has 0 bridgehead atoms. The third kappa shape index (κ3) is 5.29. The third-order valence-electron chi connectivity index (χ3n) is 4.83. The summed E-state index contributed by atoms with van der Waals surface area (Å²) in [6.07, 6.45) is -1.87. The van der Waals surface area contributed by atoms with E-state index in [0.29, 0.717) is 5.56 Å². The van der Waals surface area contributed by atoms with Crippen LogP contribution in [0.5, 0.6) is 5.75 Å². The highest BCUT2D eigenvalue weighted by molar-refractivity contribution is 5.89. The van der Waals surface area contributed by atoms with Gasteiger partial charge in [0.2, 0.25) is 0 Å². The van der Waals surface area contributed by atoms with Gasteiger partial charge < -0.3 is 4.74 Å². The first-order chi connectivity index (χ1) is 14.7. The Hall–Kier alpha value is -3.22. The lowest BCUT2D eigenvalue weighted by Crippen LogP contribution is -2.16. The number of ether oxygens (including phenoxy) is 1. The number of hydrogen-bond donors (Lipinski definition) is 0. The van der Waals surface area contributed by atoms with Crippen molar-refractivity contribution in [2.75, 3.05) is 0 Å². The number of halogens is 5. The fraction of sp³-hybridized carbons (Fsp3) is 0.208. The van der Waals surface area contributed by atoms with E-state index in [-0.39, 0.29) is 23.0 Å². The first kappa shape index (κ1) is 22.5. The lowest BCUT2D eigenvalue weighted by molar-refractivity contribution is -0.274. The number of benzene rings is 3. The molecule has 3 aromatic rings. The maximum absolute atomic E-state index is 15.1. The summed E-state index contributed by atoms with van der Waals surface area (Å²) in [5.74, 6) is -2.54. The maximum Gasteiger partial charge on any atom is 0.573 e. The molecule has 0 aliphatic rings. The van der Waals surface area contributed by atoms with Gasteiger partial charge in [-0.25, -0.2) is 8.78 Å². The number of hydrogen-bond acceptors (Lipinski definition) is 2. The summed E-state index contributed by atoms with van der Waals surface area (Å²) in [4.78, 5) is 11.2. The molecule has 162 valence electrons. The summed E-state index contributed by atoms with van der Waals surface area (Å²) in [6, 6.07) is 12.7. The Balaban J connectivity index is 2.09. The Labute approximate surface area is 176 Å². The second kappa shape index (κ2) is 9.29. The smallest absolute Gasteiger partial charge is 0.406 e. The van der Waals surface area contributed by atoms with Gasteiger partial charge in [0.05, 0.1) is 5.56 Å². The minimum atomic E-state index is -4.85. The maximum atomic E-state index is 15.1. The quantitative estimate of drug-likeness (QED) is 0.287. The second-order valence-electron chi connectivity index (χ2n) is 7.00. The molecule has 0 aliphatic carbocycles. The van der Waals surface area contributed by atoms with Gasteiger partial charge in [-0.3, -0.25) is 4.79 Å². The van der Waals surface area contributed by atoms with Crippen molar-refractivity contribution in [3.63, 3.8) is 0 Å². The second-order valence-corrected chi connectivity index (χ2v) is 7.00. The lowest BCUT2D eigenvalue weighted by atomic mass is 9.91. The molecule has 7 heteroatoms. The molecule has 0 amide bonds. The van der Waals surface area contributed by atoms with Gasteiger partial charge in [-0.2, -0.15) is 0 Å². The highest BCUT2D eigenvalue weighted by atomic mass is 19.4. The Morgan fingerprint density at radius 3 is 2.10 bits per heavy atom. The molecule has 0 unspecified atom stereocenters. The predicted octanol–water partition coefficient (Wildman–Crippen LogP) is 7.35. The SMILES string of the molecule is CCCCc1ccc(-c2c(-c3ccc(OC(F)(F)F)cc3)cc(F)c(C=O)c2F)cc1. The summed E-state index contributed by atoms with van der Waals surface area (Å²) in [5.41, 5.74) is 1.15. The van der Waals surface area contributed by atoms with Gasteiger partial charge in [0.1, 0.15) is 17.4 Å². The van der Waals surface area contributed by atoms with Crippen molar-refractivity contribution in [2.45, 2.75) is 32.5 Å². The van der Waals surface area contributed by atoms with Crippen LogP contribution in [0, 0.1) is 11.6 Å². The molecule has 0 aliphatic heterocycles. The molecule has 0 radical (unpaired) electrons. The van der Waals surface area contributed by atoms with E-state index in [2.05, 4.69) is 11.7 Å². The van der Waals surface area contributed by atoms with Gasteiger partial charge in [0.15, 0.2) is 6.29 Å². The van der Waals surface area contributed by atoms with E-state index in [9.17, 15) is 22.4 Å². The molecule has 0 fully saturated rings. The summed E-state index contributed by atoms with van der Waals surface area (Å²) in [5, 5.41) is 0. The Bertz CT molecular complexity index is 1060. The number of aldehydes is 1. The molecule has 31 heavy (non-hydrogen) atoms. The van der Waals surface area contributed by atoms with Crippen LogP contribution >= 0.6 is 0 Å². The van der Waals surface area contributed by atoms with Crippen molar-refractivity contribution >= 4 is 6.29 Å². The lowest BCUT2D eigenvalue weighted by Gasteiger charge is -2.15. The van der Waals surface area contributed by atoms with Crippen molar-refractivity contribution in [3.05, 3.63) is 77.4 Å². The highest BCUT2D eigenvalue weighted by Crippen LogP contribution is 2.38. The van der Waals surface area contributed by atoms with E-state index >= 15 is 4.39 Å². The third-order valence-corrected chi connectivity index (χ3v) is 4.83. The average Bonchev–Trinajstić information content (AvgIpc) is 2.72. The van der Waals surface area contributed by atoms with Gasteiger partial charge in [-0.05, 0) is 53.3 Å². The monoisotopic (exact) mass is 434 g/mol. The van der Waals surface area contributed by atoms with Crippen LogP contribution in [0.3, 0.4) is 0 Å². The fourth-order valence-corrected chi connectivity index (χ4v) is 3.31. The molecule has 0 atom stereocenters. The van der Waals surface area contributed by atoms with Crippen molar-refractivity contribution < 1.29 is 31.5 Å². The van der Waals surface area contributed by atoms with Crippen LogP contribution in [0.25, 0.3) is 22.3 Å². The van der Waals surface area contributed by atoms with Gasteiger partial charge in [0.25, 0.3) is 0 Å². The zero-order valence-corrected chi connectivity index (χ0v) is 16.6. The van der Waals surface area contributed by atoms with Gasteiger partial charge in [0, 0.05) is 5.56 Å². The first-order valence-corrected chi connectivity index (χ1v) is 9.66. The number of alkyl halides is 3. The zero-order valence-electron chi connectivity index (χ0n) is 16.6. The van der Waals surface area contributed by atoms with Crippen molar-refractivity contribution in [2.24, 2.45) is 0 Å². The van der Waals surface area contributed by atoms with E-state index in [1.54, 1.807) is 12.1 Å². The van der Waals surface area contributed by atoms with Crippen LogP contribution in [0.15, 0.2) is 54.6 Å². The summed E-state index contributed by atoms with van der Waals surface area (Å²) < 4.78 is 70.5. The van der Waals surface area contributed by atoms with Gasteiger partial charge in [-0.15, -0.1) is 13.2 Å². The fourth-order valence-electron chi connectivity index (χ4n) is 3.31. The van der Waals surface area contributed by atoms with Crippen molar-refractivity contribution in [1.82, 2.24) is 0 Å². The molecule has 0 N–H and O–H groups in total. The number of rotatable bonds is 7. The molecule has 0 saturated carbocycles. The Morgan fingerprint density at radius 1 is 0.935 bits per heavy atom. The topological polar surface area (TPSA) is 26.3 Å². The first-order valence-electron chi connectivity index (χ1n) is 9.66. The van der Waals surface area contributed by atoms with Gasteiger partial charge in [-0.1, -0.05) is 49.7 Å². The molecule has 3 rings (SSSR count). The Morgan fingerprint density at radius 2 is 1.55 bits per heavy atom. The van der Waals surface area contributed by atoms with Crippen LogP contribution in [-0.4, -0.2) is 12.6 Å². The average molecular weight is 434 g/mol. The molecular formula is C24H19F5O2. The molecule has 0 heterocycles. The Kier molecular flexibility index (Phi) is 6.73. The molecule has 3 aromatic carbocycles. The van der Waals surface area contributed by atoms with Crippen LogP contribution in [0.2, 0.25) is 0 Å². The largest absolute Gasteiger partial charge is 0.573 e. The van der Waals surface area contributed by atoms with E-state index in [0.717, 1.165) is 43.0 Å². The van der Waals surface area contributed by atoms with E-state index in [1.165, 1.54) is 12.1 Å². The van der Waals surface area contributed by atoms with E-state index < -0.39 is 29.3 Å². The molecule has 0 spiro atoms. The summed E-state index contributed by atoms with van der Waals surface area (Å²) in [7, 11) is 0. The van der Waals surface area contributed by atoms with Gasteiger partial charge >= 0.3 is 6.36 Å². The van der Waals surface area contributed by atoms with Crippen LogP contribution in [-0.2, 0) is 6.42 Å². The van der Waals surface area contributed by atoms with Crippen molar-refractivity contribution in [1.29, 1.82) is 0 Å². The highest BCUT2D eigenvalue weighted by Gasteiger charge is 2.31. The predicted molar refractivity (Wildman–Crippen MR) is 108 cm³/mol. The zero-order chi connectivity index (χ0) is 22.6. The number of unbranched alkanes of at least 4 members (excludes halogenated alkanes) is 1. The number of aryl methyl sites for hydroxylation is 1. The minimum absolute atomic E-state index is 0.00460. The van der Waals surface area contributed by atoms with Crippen molar-refractivity contribution in [3.8, 4) is 28.0 Å². The number of carbonyl (C=O) groups is 1. The molecule has 0 aromatic heterocycles. The van der Waals surface area contributed by atoms with Crippen LogP contribution in [0.1, 0.15) is 35.7 Å². The normalized spacial score (nSPS) is 11.4. The van der Waals surface area contributed by atoms with Crippen LogP contribution < -0.4 is 4.74 Å². The number of carbonyl (C=O) groups excluding carboxylic acids is 1. The van der Waals surface area contributed by atoms with Crippen LogP contribution in [0.4, 0.5) is 22.0 Å². The van der Waals surface area contributed by atoms with E-state index in [4.69, 9.17) is 0 Å². The minimum Gasteiger partial charge on any atom is -0.406 e. The molecular weight excluding hydrogens is 415 g/mol. The molecule has 0 saturated heterocycles.